The van der Waals surface area contributed by atoms with Crippen LogP contribution in [0, 0.1) is 5.92 Å². The quantitative estimate of drug-likeness (QED) is 0.542. The average Bonchev–Trinajstić information content (AvgIpc) is 2.28. The smallest absolute Gasteiger partial charge is 0.0445 e. The maximum Gasteiger partial charge on any atom is 0.0445 e. The van der Waals surface area contributed by atoms with Crippen molar-refractivity contribution in [1.82, 2.24) is 5.32 Å². The molecule has 0 aliphatic carbocycles. The highest BCUT2D eigenvalue weighted by molar-refractivity contribution is 4.74. The number of rotatable bonds is 11. The molecule has 2 N–H and O–H groups in total. The Bertz CT molecular complexity index is 159. The van der Waals surface area contributed by atoms with Crippen LogP contribution in [0.2, 0.25) is 0 Å². The van der Waals surface area contributed by atoms with Crippen molar-refractivity contribution in [3.8, 4) is 0 Å². The summed E-state index contributed by atoms with van der Waals surface area (Å²) in [5.41, 5.74) is 0. The van der Waals surface area contributed by atoms with Gasteiger partial charge >= 0.3 is 0 Å². The summed E-state index contributed by atoms with van der Waals surface area (Å²) in [6.07, 6.45) is 8.91. The van der Waals surface area contributed by atoms with Crippen LogP contribution in [0.4, 0.5) is 0 Å². The molecule has 2 heteroatoms. The Balaban J connectivity index is 3.63. The van der Waals surface area contributed by atoms with Crippen LogP contribution in [0.15, 0.2) is 0 Å². The van der Waals surface area contributed by atoms with Crippen molar-refractivity contribution < 1.29 is 5.11 Å². The molecule has 17 heavy (non-hydrogen) atoms. The first-order valence-corrected chi connectivity index (χ1v) is 7.48. The van der Waals surface area contributed by atoms with Crippen LogP contribution < -0.4 is 5.32 Å². The predicted molar refractivity (Wildman–Crippen MR) is 76.3 cm³/mol. The lowest BCUT2D eigenvalue weighted by Gasteiger charge is -2.26. The van der Waals surface area contributed by atoms with Crippen LogP contribution in [0.5, 0.6) is 0 Å². The average molecular weight is 243 g/mol. The zero-order chi connectivity index (χ0) is 13.1. The minimum absolute atomic E-state index is 0.291. The van der Waals surface area contributed by atoms with Crippen LogP contribution in [-0.4, -0.2) is 23.8 Å². The van der Waals surface area contributed by atoms with E-state index < -0.39 is 0 Å². The monoisotopic (exact) mass is 243 g/mol. The van der Waals surface area contributed by atoms with E-state index in [1.807, 2.05) is 0 Å². The Hall–Kier alpha value is -0.0800. The maximum absolute atomic E-state index is 9.03. The van der Waals surface area contributed by atoms with Gasteiger partial charge in [0.05, 0.1) is 0 Å². The topological polar surface area (TPSA) is 32.3 Å². The Kier molecular flexibility index (Phi) is 11.0. The number of unbranched alkanes of at least 4 members (excludes halogenated alkanes) is 4. The molecule has 0 fully saturated rings. The number of hydrogen-bond donors (Lipinski definition) is 2. The Morgan fingerprint density at radius 3 is 2.12 bits per heavy atom. The molecule has 0 spiro atoms. The van der Waals surface area contributed by atoms with Gasteiger partial charge in [0.15, 0.2) is 0 Å². The van der Waals surface area contributed by atoms with Gasteiger partial charge in [0.1, 0.15) is 0 Å². The lowest BCUT2D eigenvalue weighted by atomic mass is 9.99. The van der Waals surface area contributed by atoms with E-state index >= 15 is 0 Å². The van der Waals surface area contributed by atoms with Crippen LogP contribution in [0.25, 0.3) is 0 Å². The third-order valence-corrected chi connectivity index (χ3v) is 3.48. The number of nitrogens with one attached hydrogen (secondary N) is 1. The Morgan fingerprint density at radius 2 is 1.59 bits per heavy atom. The van der Waals surface area contributed by atoms with Gasteiger partial charge < -0.3 is 10.4 Å². The maximum atomic E-state index is 9.03. The van der Waals surface area contributed by atoms with E-state index in [-0.39, 0.29) is 0 Å². The fraction of sp³-hybridized carbons (Fsp3) is 1.00. The summed E-state index contributed by atoms with van der Waals surface area (Å²) >= 11 is 0. The number of hydrogen-bond acceptors (Lipinski definition) is 2. The van der Waals surface area contributed by atoms with E-state index in [2.05, 4.69) is 33.0 Å². The summed E-state index contributed by atoms with van der Waals surface area (Å²) in [5, 5.41) is 12.7. The predicted octanol–water partition coefficient (Wildman–Crippen LogP) is 3.73. The van der Waals surface area contributed by atoms with Gasteiger partial charge in [-0.15, -0.1) is 0 Å². The van der Waals surface area contributed by atoms with Crippen molar-refractivity contribution in [2.45, 2.75) is 84.7 Å². The lowest BCUT2D eigenvalue weighted by molar-refractivity contribution is 0.234. The molecule has 0 amide bonds. The highest BCUT2D eigenvalue weighted by Gasteiger charge is 2.14. The molecule has 2 unspecified atom stereocenters. The first kappa shape index (κ1) is 16.9. The van der Waals surface area contributed by atoms with E-state index in [4.69, 9.17) is 5.11 Å². The summed E-state index contributed by atoms with van der Waals surface area (Å²) in [5.74, 6) is 0.602. The van der Waals surface area contributed by atoms with E-state index in [9.17, 15) is 0 Å². The molecule has 0 saturated carbocycles. The van der Waals surface area contributed by atoms with E-state index in [0.29, 0.717) is 24.6 Å². The van der Waals surface area contributed by atoms with Gasteiger partial charge in [-0.05, 0) is 25.7 Å². The molecule has 0 aromatic carbocycles. The second kappa shape index (κ2) is 11.0. The van der Waals surface area contributed by atoms with Crippen LogP contribution in [0.3, 0.4) is 0 Å². The largest absolute Gasteiger partial charge is 0.396 e. The third kappa shape index (κ3) is 9.61. The zero-order valence-corrected chi connectivity index (χ0v) is 12.3. The van der Waals surface area contributed by atoms with Crippen molar-refractivity contribution in [2.24, 2.45) is 5.92 Å². The van der Waals surface area contributed by atoms with Crippen LogP contribution in [-0.2, 0) is 0 Å². The Labute approximate surface area is 108 Å². The first-order chi connectivity index (χ1) is 8.11. The second-order valence-electron chi connectivity index (χ2n) is 5.63. The molecule has 0 aromatic rings. The minimum Gasteiger partial charge on any atom is -0.396 e. The third-order valence-electron chi connectivity index (χ3n) is 3.48. The molecule has 0 rings (SSSR count). The van der Waals surface area contributed by atoms with Gasteiger partial charge in [0, 0.05) is 18.7 Å². The van der Waals surface area contributed by atoms with Crippen molar-refractivity contribution in [3.05, 3.63) is 0 Å². The van der Waals surface area contributed by atoms with Crippen LogP contribution in [0.1, 0.15) is 72.6 Å². The summed E-state index contributed by atoms with van der Waals surface area (Å²) in [7, 11) is 0. The fourth-order valence-electron chi connectivity index (χ4n) is 2.25. The van der Waals surface area contributed by atoms with E-state index in [1.54, 1.807) is 0 Å². The zero-order valence-electron chi connectivity index (χ0n) is 12.3. The molecule has 2 nitrogen and oxygen atoms in total. The number of aliphatic hydroxyl groups excluding tert-OH is 1. The van der Waals surface area contributed by atoms with Crippen molar-refractivity contribution in [1.29, 1.82) is 0 Å². The minimum atomic E-state index is 0.291. The van der Waals surface area contributed by atoms with Gasteiger partial charge in [-0.25, -0.2) is 0 Å². The SMILES string of the molecule is CCCCCCCC(C)NC(CCO)C(C)C. The molecule has 0 aliphatic rings. The van der Waals surface area contributed by atoms with E-state index in [1.165, 1.54) is 38.5 Å². The molecule has 0 radical (unpaired) electrons. The summed E-state index contributed by atoms with van der Waals surface area (Å²) in [6.45, 7) is 9.26. The van der Waals surface area contributed by atoms with Crippen molar-refractivity contribution in [3.63, 3.8) is 0 Å². The van der Waals surface area contributed by atoms with Gasteiger partial charge in [-0.1, -0.05) is 52.9 Å². The molecular weight excluding hydrogens is 210 g/mol. The second-order valence-corrected chi connectivity index (χ2v) is 5.63. The van der Waals surface area contributed by atoms with Gasteiger partial charge in [-0.2, -0.15) is 0 Å². The molecule has 0 aliphatic heterocycles. The standard InChI is InChI=1S/C15H33NO/c1-5-6-7-8-9-10-14(4)16-15(11-12-17)13(2)3/h13-17H,5-12H2,1-4H3. The molecule has 0 saturated heterocycles. The summed E-state index contributed by atoms with van der Waals surface area (Å²) < 4.78 is 0. The summed E-state index contributed by atoms with van der Waals surface area (Å²) in [4.78, 5) is 0. The van der Waals surface area contributed by atoms with Gasteiger partial charge in [0.2, 0.25) is 0 Å². The van der Waals surface area contributed by atoms with Crippen molar-refractivity contribution in [2.75, 3.05) is 6.61 Å². The van der Waals surface area contributed by atoms with E-state index in [0.717, 1.165) is 6.42 Å². The van der Waals surface area contributed by atoms with Gasteiger partial charge in [-0.3, -0.25) is 0 Å². The fourth-order valence-corrected chi connectivity index (χ4v) is 2.25. The molecule has 0 bridgehead atoms. The first-order valence-electron chi connectivity index (χ1n) is 7.48. The Morgan fingerprint density at radius 1 is 0.941 bits per heavy atom. The molecule has 0 heterocycles. The normalized spacial score (nSPS) is 15.2. The highest BCUT2D eigenvalue weighted by atomic mass is 16.3. The van der Waals surface area contributed by atoms with Gasteiger partial charge in [0.25, 0.3) is 0 Å². The lowest BCUT2D eigenvalue weighted by Crippen LogP contribution is -2.40. The molecule has 2 atom stereocenters. The summed E-state index contributed by atoms with van der Waals surface area (Å²) in [6, 6.07) is 1.04. The van der Waals surface area contributed by atoms with Crippen LogP contribution >= 0.6 is 0 Å². The molecule has 0 aromatic heterocycles. The highest BCUT2D eigenvalue weighted by Crippen LogP contribution is 2.11. The molecular formula is C15H33NO. The van der Waals surface area contributed by atoms with Crippen molar-refractivity contribution >= 4 is 0 Å². The molecule has 104 valence electrons. The number of aliphatic hydroxyl groups is 1.